The first-order valence-corrected chi connectivity index (χ1v) is 9.01. The lowest BCUT2D eigenvalue weighted by atomic mass is 10.0. The highest BCUT2D eigenvalue weighted by atomic mass is 19.3. The van der Waals surface area contributed by atoms with Gasteiger partial charge in [0.1, 0.15) is 5.75 Å². The van der Waals surface area contributed by atoms with E-state index < -0.39 is 6.61 Å². The Bertz CT molecular complexity index is 735. The predicted molar refractivity (Wildman–Crippen MR) is 103 cm³/mol. The van der Waals surface area contributed by atoms with Gasteiger partial charge in [0.05, 0.1) is 0 Å². The van der Waals surface area contributed by atoms with E-state index in [4.69, 9.17) is 0 Å². The van der Waals surface area contributed by atoms with Gasteiger partial charge in [0.2, 0.25) is 5.91 Å². The third-order valence-corrected chi connectivity index (χ3v) is 4.26. The minimum atomic E-state index is -2.80. The Balaban J connectivity index is 1.84. The van der Waals surface area contributed by atoms with Crippen molar-refractivity contribution < 1.29 is 18.3 Å². The summed E-state index contributed by atoms with van der Waals surface area (Å²) in [6.45, 7) is 2.89. The molecule has 0 spiro atoms. The van der Waals surface area contributed by atoms with Crippen LogP contribution in [0.4, 0.5) is 14.5 Å². The second-order valence-corrected chi connectivity index (χ2v) is 6.66. The van der Waals surface area contributed by atoms with Crippen molar-refractivity contribution in [2.75, 3.05) is 5.32 Å². The normalized spacial score (nSPS) is 13.3. The molecule has 2 N–H and O–H groups in total. The third kappa shape index (κ3) is 7.35. The molecule has 0 heterocycles. The fourth-order valence-corrected chi connectivity index (χ4v) is 2.92. The lowest BCUT2D eigenvalue weighted by Gasteiger charge is -2.21. The van der Waals surface area contributed by atoms with E-state index in [1.807, 2.05) is 36.4 Å². The summed E-state index contributed by atoms with van der Waals surface area (Å²) in [6.07, 6.45) is 1.74. The molecular weight excluding hydrogens is 350 g/mol. The smallest absolute Gasteiger partial charge is 0.387 e. The van der Waals surface area contributed by atoms with Gasteiger partial charge < -0.3 is 15.4 Å². The summed E-state index contributed by atoms with van der Waals surface area (Å²) in [5, 5.41) is 6.34. The van der Waals surface area contributed by atoms with Crippen molar-refractivity contribution in [1.29, 1.82) is 0 Å². The number of amides is 1. The highest BCUT2D eigenvalue weighted by Gasteiger charge is 2.11. The number of halogens is 2. The summed E-state index contributed by atoms with van der Waals surface area (Å²) >= 11 is 0. The van der Waals surface area contributed by atoms with Gasteiger partial charge >= 0.3 is 6.61 Å². The molecule has 0 saturated carbocycles. The van der Waals surface area contributed by atoms with E-state index in [2.05, 4.69) is 29.2 Å². The van der Waals surface area contributed by atoms with Crippen LogP contribution in [0.25, 0.3) is 0 Å². The topological polar surface area (TPSA) is 50.4 Å². The number of rotatable bonds is 9. The summed E-state index contributed by atoms with van der Waals surface area (Å²) in [4.78, 5) is 11.2. The Morgan fingerprint density at radius 3 is 2.44 bits per heavy atom. The maximum atomic E-state index is 12.2. The van der Waals surface area contributed by atoms with Crippen LogP contribution >= 0.6 is 0 Å². The van der Waals surface area contributed by atoms with E-state index in [9.17, 15) is 13.6 Å². The molecule has 0 aromatic heterocycles. The summed E-state index contributed by atoms with van der Waals surface area (Å²) in [6, 6.07) is 14.9. The molecule has 0 saturated heterocycles. The standard InChI is InChI=1S/C21H26F2N2O2/c1-14(7-8-17-9-11-20(12-10-17)27-21(22)23)24-15(2)18-5-4-6-19(13-18)25-16(3)26/h4-6,9-15,21,24H,7-8H2,1-3H3,(H,25,26). The highest BCUT2D eigenvalue weighted by Crippen LogP contribution is 2.19. The second kappa shape index (κ2) is 10.0. The SMILES string of the molecule is CC(=O)Nc1cccc(C(C)NC(C)CCc2ccc(OC(F)F)cc2)c1. The number of ether oxygens (including phenoxy) is 1. The lowest BCUT2D eigenvalue weighted by Crippen LogP contribution is -2.29. The van der Waals surface area contributed by atoms with E-state index in [0.717, 1.165) is 29.7 Å². The Morgan fingerprint density at radius 2 is 1.81 bits per heavy atom. The molecule has 0 aliphatic heterocycles. The number of nitrogens with one attached hydrogen (secondary N) is 2. The van der Waals surface area contributed by atoms with Gasteiger partial charge in [0.25, 0.3) is 0 Å². The average Bonchev–Trinajstić information content (AvgIpc) is 2.60. The van der Waals surface area contributed by atoms with Crippen molar-refractivity contribution in [3.63, 3.8) is 0 Å². The molecule has 2 unspecified atom stereocenters. The van der Waals surface area contributed by atoms with Gasteiger partial charge in [-0.05, 0) is 62.1 Å². The second-order valence-electron chi connectivity index (χ2n) is 6.66. The number of hydrogen-bond acceptors (Lipinski definition) is 3. The molecule has 6 heteroatoms. The molecule has 27 heavy (non-hydrogen) atoms. The zero-order chi connectivity index (χ0) is 19.8. The van der Waals surface area contributed by atoms with Crippen LogP contribution in [0.1, 0.15) is 44.4 Å². The van der Waals surface area contributed by atoms with Crippen LogP contribution in [0, 0.1) is 0 Å². The Labute approximate surface area is 158 Å². The molecule has 2 aromatic rings. The number of benzene rings is 2. The number of carbonyl (C=O) groups excluding carboxylic acids is 1. The Morgan fingerprint density at radius 1 is 1.11 bits per heavy atom. The van der Waals surface area contributed by atoms with Crippen molar-refractivity contribution in [1.82, 2.24) is 5.32 Å². The van der Waals surface area contributed by atoms with E-state index in [1.165, 1.54) is 6.92 Å². The fraction of sp³-hybridized carbons (Fsp3) is 0.381. The number of alkyl halides is 2. The van der Waals surface area contributed by atoms with Gasteiger partial charge in [-0.3, -0.25) is 4.79 Å². The highest BCUT2D eigenvalue weighted by molar-refractivity contribution is 5.88. The van der Waals surface area contributed by atoms with E-state index in [-0.39, 0.29) is 23.7 Å². The van der Waals surface area contributed by atoms with E-state index in [0.29, 0.717) is 0 Å². The summed E-state index contributed by atoms with van der Waals surface area (Å²) < 4.78 is 28.7. The molecule has 4 nitrogen and oxygen atoms in total. The predicted octanol–water partition coefficient (Wildman–Crippen LogP) is 4.92. The molecule has 2 atom stereocenters. The minimum absolute atomic E-state index is 0.0916. The van der Waals surface area contributed by atoms with E-state index >= 15 is 0 Å². The molecular formula is C21H26F2N2O2. The molecule has 146 valence electrons. The van der Waals surface area contributed by atoms with Gasteiger partial charge in [-0.15, -0.1) is 0 Å². The first kappa shape index (κ1) is 20.8. The van der Waals surface area contributed by atoms with Crippen molar-refractivity contribution >= 4 is 11.6 Å². The average molecular weight is 376 g/mol. The van der Waals surface area contributed by atoms with Gasteiger partial charge in [0.15, 0.2) is 0 Å². The maximum absolute atomic E-state index is 12.2. The number of carbonyl (C=O) groups is 1. The molecule has 0 bridgehead atoms. The van der Waals surface area contributed by atoms with Crippen LogP contribution in [0.2, 0.25) is 0 Å². The molecule has 0 aliphatic rings. The van der Waals surface area contributed by atoms with Crippen molar-refractivity contribution in [2.24, 2.45) is 0 Å². The molecule has 0 aliphatic carbocycles. The summed E-state index contributed by atoms with van der Waals surface area (Å²) in [5.74, 6) is 0.0821. The van der Waals surface area contributed by atoms with Gasteiger partial charge in [0, 0.05) is 24.7 Å². The molecule has 2 aromatic carbocycles. The van der Waals surface area contributed by atoms with Crippen LogP contribution in [0.5, 0.6) is 5.75 Å². The zero-order valence-electron chi connectivity index (χ0n) is 15.8. The maximum Gasteiger partial charge on any atom is 0.387 e. The van der Waals surface area contributed by atoms with Gasteiger partial charge in [-0.1, -0.05) is 24.3 Å². The third-order valence-electron chi connectivity index (χ3n) is 4.26. The lowest BCUT2D eigenvalue weighted by molar-refractivity contribution is -0.114. The van der Waals surface area contributed by atoms with Crippen LogP contribution in [0.15, 0.2) is 48.5 Å². The quantitative estimate of drug-likeness (QED) is 0.653. The van der Waals surface area contributed by atoms with Crippen molar-refractivity contribution in [3.05, 3.63) is 59.7 Å². The van der Waals surface area contributed by atoms with Crippen molar-refractivity contribution in [3.8, 4) is 5.75 Å². The first-order valence-electron chi connectivity index (χ1n) is 9.01. The Kier molecular flexibility index (Phi) is 7.73. The largest absolute Gasteiger partial charge is 0.435 e. The van der Waals surface area contributed by atoms with Crippen LogP contribution in [0.3, 0.4) is 0 Å². The molecule has 0 fully saturated rings. The number of anilines is 1. The van der Waals surface area contributed by atoms with Crippen LogP contribution < -0.4 is 15.4 Å². The summed E-state index contributed by atoms with van der Waals surface area (Å²) in [7, 11) is 0. The van der Waals surface area contributed by atoms with E-state index in [1.54, 1.807) is 12.1 Å². The van der Waals surface area contributed by atoms with Crippen LogP contribution in [-0.4, -0.2) is 18.6 Å². The number of hydrogen-bond donors (Lipinski definition) is 2. The summed E-state index contributed by atoms with van der Waals surface area (Å²) in [5.41, 5.74) is 2.96. The monoisotopic (exact) mass is 376 g/mol. The first-order chi connectivity index (χ1) is 12.8. The van der Waals surface area contributed by atoms with Crippen LogP contribution in [-0.2, 0) is 11.2 Å². The van der Waals surface area contributed by atoms with Crippen molar-refractivity contribution in [2.45, 2.75) is 52.3 Å². The Hall–Kier alpha value is -2.47. The zero-order valence-corrected chi connectivity index (χ0v) is 15.8. The molecule has 0 radical (unpaired) electrons. The van der Waals surface area contributed by atoms with Gasteiger partial charge in [-0.2, -0.15) is 8.78 Å². The minimum Gasteiger partial charge on any atom is -0.435 e. The molecule has 2 rings (SSSR count). The fourth-order valence-electron chi connectivity index (χ4n) is 2.92. The number of aryl methyl sites for hydroxylation is 1. The van der Waals surface area contributed by atoms with Gasteiger partial charge in [-0.25, -0.2) is 0 Å². The molecule has 1 amide bonds.